The van der Waals surface area contributed by atoms with Crippen molar-refractivity contribution >= 4 is 11.3 Å². The number of hydrogen-bond acceptors (Lipinski definition) is 3. The van der Waals surface area contributed by atoms with E-state index in [1.807, 2.05) is 19.2 Å². The Morgan fingerprint density at radius 2 is 2.36 bits per heavy atom. The van der Waals surface area contributed by atoms with Gasteiger partial charge in [-0.3, -0.25) is 0 Å². The van der Waals surface area contributed by atoms with Gasteiger partial charge in [-0.1, -0.05) is 13.3 Å². The Morgan fingerprint density at radius 3 is 2.79 bits per heavy atom. The van der Waals surface area contributed by atoms with Crippen molar-refractivity contribution in [2.75, 3.05) is 6.54 Å². The molecule has 0 bridgehead atoms. The highest BCUT2D eigenvalue weighted by atomic mass is 32.1. The maximum Gasteiger partial charge on any atom is 0.129 e. The third-order valence-electron chi connectivity index (χ3n) is 2.20. The van der Waals surface area contributed by atoms with Crippen LogP contribution in [0.25, 0.3) is 0 Å². The van der Waals surface area contributed by atoms with Crippen molar-refractivity contribution < 1.29 is 4.39 Å². The first-order chi connectivity index (χ1) is 6.59. The smallest absolute Gasteiger partial charge is 0.129 e. The van der Waals surface area contributed by atoms with Gasteiger partial charge in [0, 0.05) is 24.0 Å². The lowest BCUT2D eigenvalue weighted by Gasteiger charge is -2.21. The Bertz CT molecular complexity index is 287. The van der Waals surface area contributed by atoms with Gasteiger partial charge >= 0.3 is 0 Å². The van der Waals surface area contributed by atoms with Crippen molar-refractivity contribution in [2.24, 2.45) is 5.73 Å². The summed E-state index contributed by atoms with van der Waals surface area (Å²) in [7, 11) is 0. The number of alkyl halides is 1. The monoisotopic (exact) mass is 216 g/mol. The van der Waals surface area contributed by atoms with Crippen LogP contribution in [0.15, 0.2) is 5.38 Å². The van der Waals surface area contributed by atoms with Crippen LogP contribution in [0.5, 0.6) is 0 Å². The number of halogens is 1. The highest BCUT2D eigenvalue weighted by molar-refractivity contribution is 7.09. The molecule has 80 valence electrons. The van der Waals surface area contributed by atoms with Crippen LogP contribution in [-0.4, -0.2) is 17.2 Å². The predicted molar refractivity (Wildman–Crippen MR) is 58.4 cm³/mol. The molecule has 0 aliphatic heterocycles. The van der Waals surface area contributed by atoms with Crippen molar-refractivity contribution in [2.45, 2.75) is 38.8 Å². The van der Waals surface area contributed by atoms with E-state index in [-0.39, 0.29) is 6.54 Å². The molecule has 0 saturated carbocycles. The average Bonchev–Trinajstić information content (AvgIpc) is 2.51. The summed E-state index contributed by atoms with van der Waals surface area (Å²) in [6.07, 6.45) is 1.69. The highest BCUT2D eigenvalue weighted by Gasteiger charge is 2.28. The predicted octanol–water partition coefficient (Wildman–Crippen LogP) is 2.46. The SMILES string of the molecule is CCCC(F)(CN)Cc1nc(C)cs1. The van der Waals surface area contributed by atoms with Gasteiger partial charge in [-0.15, -0.1) is 11.3 Å². The Labute approximate surface area is 88.4 Å². The summed E-state index contributed by atoms with van der Waals surface area (Å²) < 4.78 is 14.1. The number of hydrogen-bond donors (Lipinski definition) is 1. The van der Waals surface area contributed by atoms with E-state index in [0.29, 0.717) is 12.8 Å². The Kier molecular flexibility index (Phi) is 4.01. The molecule has 1 heterocycles. The van der Waals surface area contributed by atoms with E-state index in [2.05, 4.69) is 4.98 Å². The number of rotatable bonds is 5. The molecule has 0 saturated heterocycles. The topological polar surface area (TPSA) is 38.9 Å². The zero-order chi connectivity index (χ0) is 10.6. The Morgan fingerprint density at radius 1 is 1.64 bits per heavy atom. The molecule has 2 nitrogen and oxygen atoms in total. The molecular formula is C10H17FN2S. The van der Waals surface area contributed by atoms with Crippen LogP contribution in [-0.2, 0) is 6.42 Å². The van der Waals surface area contributed by atoms with E-state index in [1.54, 1.807) is 0 Å². The summed E-state index contributed by atoms with van der Waals surface area (Å²) in [4.78, 5) is 4.25. The van der Waals surface area contributed by atoms with E-state index >= 15 is 0 Å². The molecule has 4 heteroatoms. The normalized spacial score (nSPS) is 15.4. The van der Waals surface area contributed by atoms with Crippen molar-refractivity contribution in [3.05, 3.63) is 16.1 Å². The average molecular weight is 216 g/mol. The molecule has 0 aromatic carbocycles. The number of aryl methyl sites for hydroxylation is 1. The van der Waals surface area contributed by atoms with Crippen LogP contribution in [0, 0.1) is 6.92 Å². The fraction of sp³-hybridized carbons (Fsp3) is 0.700. The maximum atomic E-state index is 14.1. The third kappa shape index (κ3) is 3.03. The van der Waals surface area contributed by atoms with Gasteiger partial charge in [-0.25, -0.2) is 9.37 Å². The zero-order valence-electron chi connectivity index (χ0n) is 8.72. The number of aromatic nitrogens is 1. The van der Waals surface area contributed by atoms with Crippen LogP contribution in [0.4, 0.5) is 4.39 Å². The highest BCUT2D eigenvalue weighted by Crippen LogP contribution is 2.24. The maximum absolute atomic E-state index is 14.1. The molecule has 1 rings (SSSR count). The molecule has 0 radical (unpaired) electrons. The summed E-state index contributed by atoms with van der Waals surface area (Å²) in [5.74, 6) is 0. The summed E-state index contributed by atoms with van der Waals surface area (Å²) in [5, 5.41) is 2.79. The second kappa shape index (κ2) is 4.84. The second-order valence-corrected chi connectivity index (χ2v) is 4.61. The van der Waals surface area contributed by atoms with Crippen molar-refractivity contribution in [3.8, 4) is 0 Å². The van der Waals surface area contributed by atoms with E-state index in [9.17, 15) is 4.39 Å². The van der Waals surface area contributed by atoms with Gasteiger partial charge in [0.2, 0.25) is 0 Å². The van der Waals surface area contributed by atoms with E-state index in [4.69, 9.17) is 5.73 Å². The Hall–Kier alpha value is -0.480. The number of nitrogens with zero attached hydrogens (tertiary/aromatic N) is 1. The Balaban J connectivity index is 2.64. The fourth-order valence-electron chi connectivity index (χ4n) is 1.47. The quantitative estimate of drug-likeness (QED) is 0.821. The van der Waals surface area contributed by atoms with Gasteiger partial charge in [0.15, 0.2) is 0 Å². The molecule has 1 unspecified atom stereocenters. The van der Waals surface area contributed by atoms with Crippen LogP contribution < -0.4 is 5.73 Å². The van der Waals surface area contributed by atoms with Crippen molar-refractivity contribution in [3.63, 3.8) is 0 Å². The van der Waals surface area contributed by atoms with Crippen molar-refractivity contribution in [1.82, 2.24) is 4.98 Å². The van der Waals surface area contributed by atoms with Gasteiger partial charge in [0.05, 0.1) is 5.01 Å². The molecular weight excluding hydrogens is 199 g/mol. The minimum Gasteiger partial charge on any atom is -0.328 e. The molecule has 1 atom stereocenters. The minimum absolute atomic E-state index is 0.0828. The van der Waals surface area contributed by atoms with Crippen LogP contribution in [0.3, 0.4) is 0 Å². The van der Waals surface area contributed by atoms with Crippen LogP contribution in [0.2, 0.25) is 0 Å². The summed E-state index contributed by atoms with van der Waals surface area (Å²) in [6.45, 7) is 3.97. The first-order valence-electron chi connectivity index (χ1n) is 4.89. The van der Waals surface area contributed by atoms with E-state index < -0.39 is 5.67 Å². The molecule has 0 spiro atoms. The molecule has 1 aromatic heterocycles. The summed E-state index contributed by atoms with van der Waals surface area (Å²) in [5.41, 5.74) is 5.14. The number of nitrogens with two attached hydrogens (primary N) is 1. The molecule has 0 fully saturated rings. The van der Waals surface area contributed by atoms with Gasteiger partial charge in [-0.2, -0.15) is 0 Å². The molecule has 0 aliphatic rings. The molecule has 0 amide bonds. The summed E-state index contributed by atoms with van der Waals surface area (Å²) >= 11 is 1.51. The lowest BCUT2D eigenvalue weighted by molar-refractivity contribution is 0.158. The first-order valence-corrected chi connectivity index (χ1v) is 5.77. The van der Waals surface area contributed by atoms with Crippen LogP contribution in [0.1, 0.15) is 30.5 Å². The molecule has 2 N–H and O–H groups in total. The van der Waals surface area contributed by atoms with Gasteiger partial charge in [-0.05, 0) is 13.3 Å². The van der Waals surface area contributed by atoms with Gasteiger partial charge in [0.1, 0.15) is 5.67 Å². The fourth-order valence-corrected chi connectivity index (χ4v) is 2.36. The largest absolute Gasteiger partial charge is 0.328 e. The van der Waals surface area contributed by atoms with Crippen molar-refractivity contribution in [1.29, 1.82) is 0 Å². The standard InChI is InChI=1S/C10H17FN2S/c1-3-4-10(11,7-12)5-9-13-8(2)6-14-9/h6H,3-5,7,12H2,1-2H3. The molecule has 1 aromatic rings. The second-order valence-electron chi connectivity index (χ2n) is 3.66. The molecule has 0 aliphatic carbocycles. The van der Waals surface area contributed by atoms with E-state index in [0.717, 1.165) is 17.1 Å². The van der Waals surface area contributed by atoms with Gasteiger partial charge in [0.25, 0.3) is 0 Å². The lowest BCUT2D eigenvalue weighted by Crippen LogP contribution is -2.35. The van der Waals surface area contributed by atoms with Gasteiger partial charge < -0.3 is 5.73 Å². The summed E-state index contributed by atoms with van der Waals surface area (Å²) in [6, 6.07) is 0. The minimum atomic E-state index is -1.26. The zero-order valence-corrected chi connectivity index (χ0v) is 9.53. The number of thiazole rings is 1. The molecule has 14 heavy (non-hydrogen) atoms. The third-order valence-corrected chi connectivity index (χ3v) is 3.17. The van der Waals surface area contributed by atoms with Crippen LogP contribution >= 0.6 is 11.3 Å². The first kappa shape index (κ1) is 11.6. The lowest BCUT2D eigenvalue weighted by atomic mass is 9.97. The van der Waals surface area contributed by atoms with E-state index in [1.165, 1.54) is 11.3 Å².